The SMILES string of the molecule is CC(C)(Cc1ccc(Cl)cc1)NCCC(=O)O. The largest absolute Gasteiger partial charge is 0.481 e. The highest BCUT2D eigenvalue weighted by molar-refractivity contribution is 6.30. The van der Waals surface area contributed by atoms with Crippen molar-refractivity contribution in [2.75, 3.05) is 6.54 Å². The Bertz CT molecular complexity index is 374. The third-order valence-electron chi connectivity index (χ3n) is 2.50. The number of hydrogen-bond acceptors (Lipinski definition) is 2. The molecule has 94 valence electrons. The van der Waals surface area contributed by atoms with E-state index in [0.717, 1.165) is 11.4 Å². The predicted molar refractivity (Wildman–Crippen MR) is 69.5 cm³/mol. The lowest BCUT2D eigenvalue weighted by Crippen LogP contribution is -2.42. The molecule has 1 rings (SSSR count). The molecule has 0 saturated heterocycles. The van der Waals surface area contributed by atoms with E-state index in [0.29, 0.717) is 6.54 Å². The summed E-state index contributed by atoms with van der Waals surface area (Å²) in [5.41, 5.74) is 1.06. The molecule has 0 unspecified atom stereocenters. The molecule has 0 atom stereocenters. The molecular formula is C13H18ClNO2. The molecule has 0 amide bonds. The molecule has 0 fully saturated rings. The monoisotopic (exact) mass is 255 g/mol. The van der Waals surface area contributed by atoms with Crippen molar-refractivity contribution in [1.82, 2.24) is 5.32 Å². The first-order valence-electron chi connectivity index (χ1n) is 5.60. The van der Waals surface area contributed by atoms with E-state index in [4.69, 9.17) is 16.7 Å². The van der Waals surface area contributed by atoms with Crippen LogP contribution >= 0.6 is 11.6 Å². The van der Waals surface area contributed by atoms with Crippen molar-refractivity contribution < 1.29 is 9.90 Å². The van der Waals surface area contributed by atoms with Crippen LogP contribution < -0.4 is 5.32 Å². The summed E-state index contributed by atoms with van der Waals surface area (Å²) in [6, 6.07) is 7.71. The quantitative estimate of drug-likeness (QED) is 0.822. The Labute approximate surface area is 107 Å². The van der Waals surface area contributed by atoms with E-state index in [2.05, 4.69) is 19.2 Å². The molecule has 0 aromatic heterocycles. The van der Waals surface area contributed by atoms with Gasteiger partial charge in [-0.2, -0.15) is 0 Å². The number of carboxylic acid groups (broad SMARTS) is 1. The van der Waals surface area contributed by atoms with Gasteiger partial charge in [0.05, 0.1) is 6.42 Å². The third-order valence-corrected chi connectivity index (χ3v) is 2.75. The fourth-order valence-electron chi connectivity index (χ4n) is 1.68. The van der Waals surface area contributed by atoms with Crippen molar-refractivity contribution in [3.8, 4) is 0 Å². The Balaban J connectivity index is 2.48. The molecule has 0 heterocycles. The van der Waals surface area contributed by atoms with Crippen molar-refractivity contribution in [2.45, 2.75) is 32.2 Å². The van der Waals surface area contributed by atoms with E-state index in [1.54, 1.807) is 0 Å². The minimum atomic E-state index is -0.778. The summed E-state index contributed by atoms with van der Waals surface area (Å²) in [5, 5.41) is 12.5. The second kappa shape index (κ2) is 6.03. The number of carbonyl (C=O) groups is 1. The van der Waals surface area contributed by atoms with Gasteiger partial charge in [0.15, 0.2) is 0 Å². The fraction of sp³-hybridized carbons (Fsp3) is 0.462. The summed E-state index contributed by atoms with van der Waals surface area (Å²) in [6.07, 6.45) is 0.980. The van der Waals surface area contributed by atoms with Crippen LogP contribution in [0.4, 0.5) is 0 Å². The van der Waals surface area contributed by atoms with Crippen LogP contribution in [0.25, 0.3) is 0 Å². The van der Waals surface area contributed by atoms with Crippen molar-refractivity contribution in [3.05, 3.63) is 34.9 Å². The highest BCUT2D eigenvalue weighted by Crippen LogP contribution is 2.15. The second-order valence-corrected chi connectivity index (χ2v) is 5.19. The highest BCUT2D eigenvalue weighted by Gasteiger charge is 2.17. The Morgan fingerprint density at radius 2 is 1.94 bits per heavy atom. The van der Waals surface area contributed by atoms with Gasteiger partial charge in [-0.25, -0.2) is 0 Å². The van der Waals surface area contributed by atoms with Gasteiger partial charge in [-0.3, -0.25) is 4.79 Å². The lowest BCUT2D eigenvalue weighted by atomic mass is 9.95. The third kappa shape index (κ3) is 5.71. The number of hydrogen-bond donors (Lipinski definition) is 2. The molecule has 0 aliphatic rings. The second-order valence-electron chi connectivity index (χ2n) is 4.76. The van der Waals surface area contributed by atoms with E-state index in [1.807, 2.05) is 24.3 Å². The molecule has 2 N–H and O–H groups in total. The summed E-state index contributed by atoms with van der Waals surface area (Å²) >= 11 is 5.82. The van der Waals surface area contributed by atoms with Gasteiger partial charge in [-0.05, 0) is 38.0 Å². The van der Waals surface area contributed by atoms with Crippen molar-refractivity contribution in [2.24, 2.45) is 0 Å². The minimum absolute atomic E-state index is 0.122. The molecule has 1 aromatic rings. The summed E-state index contributed by atoms with van der Waals surface area (Å²) in [5.74, 6) is -0.778. The normalized spacial score (nSPS) is 11.5. The summed E-state index contributed by atoms with van der Waals surface area (Å²) in [4.78, 5) is 10.4. The first-order chi connectivity index (χ1) is 7.89. The average molecular weight is 256 g/mol. The van der Waals surface area contributed by atoms with Crippen molar-refractivity contribution in [1.29, 1.82) is 0 Å². The fourth-order valence-corrected chi connectivity index (χ4v) is 1.81. The van der Waals surface area contributed by atoms with Gasteiger partial charge < -0.3 is 10.4 Å². The van der Waals surface area contributed by atoms with Gasteiger partial charge in [0.25, 0.3) is 0 Å². The summed E-state index contributed by atoms with van der Waals surface area (Å²) in [6.45, 7) is 4.60. The Hall–Kier alpha value is -1.06. The van der Waals surface area contributed by atoms with Crippen LogP contribution in [-0.2, 0) is 11.2 Å². The maximum absolute atomic E-state index is 10.4. The first-order valence-corrected chi connectivity index (χ1v) is 5.98. The van der Waals surface area contributed by atoms with Crippen LogP contribution in [0.5, 0.6) is 0 Å². The van der Waals surface area contributed by atoms with Crippen LogP contribution in [0.1, 0.15) is 25.8 Å². The number of nitrogens with one attached hydrogen (secondary N) is 1. The van der Waals surface area contributed by atoms with Gasteiger partial charge in [0, 0.05) is 17.1 Å². The predicted octanol–water partition coefficient (Wildman–Crippen LogP) is 2.73. The lowest BCUT2D eigenvalue weighted by Gasteiger charge is -2.26. The van der Waals surface area contributed by atoms with E-state index >= 15 is 0 Å². The number of halogens is 1. The average Bonchev–Trinajstić information content (AvgIpc) is 2.20. The number of aliphatic carboxylic acids is 1. The maximum atomic E-state index is 10.4. The van der Waals surface area contributed by atoms with Gasteiger partial charge in [0.1, 0.15) is 0 Å². The van der Waals surface area contributed by atoms with Crippen LogP contribution in [0.2, 0.25) is 5.02 Å². The Morgan fingerprint density at radius 3 is 2.47 bits per heavy atom. The number of rotatable bonds is 6. The van der Waals surface area contributed by atoms with E-state index in [1.165, 1.54) is 5.56 Å². The molecule has 1 aromatic carbocycles. The highest BCUT2D eigenvalue weighted by atomic mass is 35.5. The molecule has 0 aliphatic carbocycles. The minimum Gasteiger partial charge on any atom is -0.481 e. The van der Waals surface area contributed by atoms with Gasteiger partial charge in [-0.15, -0.1) is 0 Å². The zero-order chi connectivity index (χ0) is 12.9. The van der Waals surface area contributed by atoms with Crippen LogP contribution in [-0.4, -0.2) is 23.2 Å². The maximum Gasteiger partial charge on any atom is 0.304 e. The van der Waals surface area contributed by atoms with E-state index in [9.17, 15) is 4.79 Å². The molecular weight excluding hydrogens is 238 g/mol. The van der Waals surface area contributed by atoms with Crippen molar-refractivity contribution >= 4 is 17.6 Å². The summed E-state index contributed by atoms with van der Waals surface area (Å²) < 4.78 is 0. The first kappa shape index (κ1) is 14.0. The Kier molecular flexibility index (Phi) is 4.97. The number of benzene rings is 1. The van der Waals surface area contributed by atoms with Crippen LogP contribution in [0.15, 0.2) is 24.3 Å². The van der Waals surface area contributed by atoms with E-state index in [-0.39, 0.29) is 12.0 Å². The molecule has 0 spiro atoms. The molecule has 0 radical (unpaired) electrons. The Morgan fingerprint density at radius 1 is 1.35 bits per heavy atom. The van der Waals surface area contributed by atoms with Gasteiger partial charge in [-0.1, -0.05) is 23.7 Å². The standard InChI is InChI=1S/C13H18ClNO2/c1-13(2,15-8-7-12(16)17)9-10-3-5-11(14)6-4-10/h3-6,15H,7-9H2,1-2H3,(H,16,17). The summed E-state index contributed by atoms with van der Waals surface area (Å²) in [7, 11) is 0. The molecule has 0 saturated carbocycles. The molecule has 0 bridgehead atoms. The molecule has 17 heavy (non-hydrogen) atoms. The van der Waals surface area contributed by atoms with E-state index < -0.39 is 5.97 Å². The van der Waals surface area contributed by atoms with Crippen LogP contribution in [0.3, 0.4) is 0 Å². The van der Waals surface area contributed by atoms with Gasteiger partial charge in [0.2, 0.25) is 0 Å². The zero-order valence-corrected chi connectivity index (χ0v) is 10.9. The molecule has 3 nitrogen and oxygen atoms in total. The zero-order valence-electron chi connectivity index (χ0n) is 10.2. The van der Waals surface area contributed by atoms with Crippen molar-refractivity contribution in [3.63, 3.8) is 0 Å². The topological polar surface area (TPSA) is 49.3 Å². The van der Waals surface area contributed by atoms with Gasteiger partial charge >= 0.3 is 5.97 Å². The number of carboxylic acids is 1. The smallest absolute Gasteiger partial charge is 0.304 e. The van der Waals surface area contributed by atoms with Crippen LogP contribution in [0, 0.1) is 0 Å². The molecule has 0 aliphatic heterocycles. The lowest BCUT2D eigenvalue weighted by molar-refractivity contribution is -0.136. The molecule has 4 heteroatoms.